The first-order valence-electron chi connectivity index (χ1n) is 4.80. The maximum Gasteiger partial charge on any atom is 0.171 e. The third-order valence-electron chi connectivity index (χ3n) is 1.95. The van der Waals surface area contributed by atoms with Gasteiger partial charge in [0.05, 0.1) is 11.8 Å². The number of aryl methyl sites for hydroxylation is 1. The molecule has 80 valence electrons. The second-order valence-electron chi connectivity index (χ2n) is 3.52. The zero-order chi connectivity index (χ0) is 10.6. The largest absolute Gasteiger partial charge is 0.394 e. The summed E-state index contributed by atoms with van der Waals surface area (Å²) in [5.74, 6) is 0.720. The minimum atomic E-state index is -0.238. The Morgan fingerprint density at radius 3 is 2.93 bits per heavy atom. The van der Waals surface area contributed by atoms with Crippen LogP contribution in [0.15, 0.2) is 6.20 Å². The molecule has 5 heteroatoms. The quantitative estimate of drug-likeness (QED) is 0.605. The van der Waals surface area contributed by atoms with E-state index in [0.717, 1.165) is 25.2 Å². The Morgan fingerprint density at radius 2 is 2.43 bits per heavy atom. The van der Waals surface area contributed by atoms with E-state index in [9.17, 15) is 0 Å². The summed E-state index contributed by atoms with van der Waals surface area (Å²) in [5.41, 5.74) is 6.35. The molecule has 0 saturated carbocycles. The molecule has 0 aliphatic carbocycles. The lowest BCUT2D eigenvalue weighted by atomic mass is 10.2. The van der Waals surface area contributed by atoms with Crippen LogP contribution in [0.3, 0.4) is 0 Å². The highest BCUT2D eigenvalue weighted by molar-refractivity contribution is 5.59. The molecule has 0 aliphatic rings. The molecule has 1 unspecified atom stereocenters. The second kappa shape index (κ2) is 4.85. The van der Waals surface area contributed by atoms with E-state index in [1.54, 1.807) is 17.8 Å². The predicted molar refractivity (Wildman–Crippen MR) is 57.0 cm³/mol. The number of anilines is 2. The molecular weight excluding hydrogens is 180 g/mol. The average Bonchev–Trinajstić information content (AvgIpc) is 2.39. The van der Waals surface area contributed by atoms with Gasteiger partial charge in [0.1, 0.15) is 0 Å². The maximum atomic E-state index is 9.04. The summed E-state index contributed by atoms with van der Waals surface area (Å²) in [6.07, 6.45) is 3.22. The van der Waals surface area contributed by atoms with Gasteiger partial charge in [0.15, 0.2) is 5.82 Å². The van der Waals surface area contributed by atoms with Crippen LogP contribution < -0.4 is 11.1 Å². The number of nitrogens with two attached hydrogens (primary N) is 1. The van der Waals surface area contributed by atoms with Crippen molar-refractivity contribution < 1.29 is 5.11 Å². The molecule has 0 amide bonds. The maximum absolute atomic E-state index is 9.04. The fourth-order valence-corrected chi connectivity index (χ4v) is 1.25. The molecule has 14 heavy (non-hydrogen) atoms. The molecule has 0 bridgehead atoms. The van der Waals surface area contributed by atoms with Crippen molar-refractivity contribution >= 4 is 11.5 Å². The van der Waals surface area contributed by atoms with Crippen LogP contribution in [0.4, 0.5) is 11.5 Å². The summed E-state index contributed by atoms with van der Waals surface area (Å²) < 4.78 is 1.67. The number of aliphatic hydroxyl groups excluding tert-OH is 1. The van der Waals surface area contributed by atoms with Gasteiger partial charge in [0, 0.05) is 19.8 Å². The summed E-state index contributed by atoms with van der Waals surface area (Å²) in [6, 6.07) is 0. The van der Waals surface area contributed by atoms with Gasteiger partial charge in [0.2, 0.25) is 0 Å². The molecule has 4 N–H and O–H groups in total. The molecule has 5 nitrogen and oxygen atoms in total. The van der Waals surface area contributed by atoms with Crippen LogP contribution in [0.25, 0.3) is 0 Å². The zero-order valence-electron chi connectivity index (χ0n) is 8.70. The van der Waals surface area contributed by atoms with Crippen LogP contribution >= 0.6 is 0 Å². The number of hydrogen-bond acceptors (Lipinski definition) is 4. The van der Waals surface area contributed by atoms with E-state index in [4.69, 9.17) is 10.8 Å². The van der Waals surface area contributed by atoms with Gasteiger partial charge in [-0.25, -0.2) is 0 Å². The van der Waals surface area contributed by atoms with Crippen LogP contribution in [-0.4, -0.2) is 27.5 Å². The Balaban J connectivity index is 2.28. The summed E-state index contributed by atoms with van der Waals surface area (Å²) in [7, 11) is 1.83. The monoisotopic (exact) mass is 198 g/mol. The van der Waals surface area contributed by atoms with Crippen LogP contribution in [0.1, 0.15) is 19.8 Å². The molecule has 0 aliphatic heterocycles. The first-order valence-corrected chi connectivity index (χ1v) is 4.80. The third-order valence-corrected chi connectivity index (χ3v) is 1.95. The molecule has 1 heterocycles. The first kappa shape index (κ1) is 10.8. The van der Waals surface area contributed by atoms with Crippen LogP contribution in [0.5, 0.6) is 0 Å². The Morgan fingerprint density at radius 1 is 1.71 bits per heavy atom. The highest BCUT2D eigenvalue weighted by Gasteiger charge is 2.02. The van der Waals surface area contributed by atoms with Gasteiger partial charge in [-0.1, -0.05) is 0 Å². The van der Waals surface area contributed by atoms with Gasteiger partial charge in [-0.3, -0.25) is 4.68 Å². The Hall–Kier alpha value is -1.23. The molecule has 1 atom stereocenters. The summed E-state index contributed by atoms with van der Waals surface area (Å²) in [4.78, 5) is 0. The lowest BCUT2D eigenvalue weighted by molar-refractivity contribution is 0.183. The normalized spacial score (nSPS) is 12.8. The van der Waals surface area contributed by atoms with Gasteiger partial charge >= 0.3 is 0 Å². The fourth-order valence-electron chi connectivity index (χ4n) is 1.25. The fraction of sp³-hybridized carbons (Fsp3) is 0.667. The Labute approximate surface area is 83.9 Å². The average molecular weight is 198 g/mol. The van der Waals surface area contributed by atoms with Crippen molar-refractivity contribution in [3.05, 3.63) is 6.20 Å². The number of hydrogen-bond donors (Lipinski definition) is 3. The van der Waals surface area contributed by atoms with Crippen molar-refractivity contribution in [3.63, 3.8) is 0 Å². The van der Waals surface area contributed by atoms with Crippen LogP contribution in [-0.2, 0) is 7.05 Å². The SMILES string of the molecule is CC(O)CCCNc1nn(C)cc1N. The number of nitrogens with one attached hydrogen (secondary N) is 1. The summed E-state index contributed by atoms with van der Waals surface area (Å²) in [5, 5.41) is 16.3. The molecule has 0 saturated heterocycles. The van der Waals surface area contributed by atoms with Gasteiger partial charge in [-0.05, 0) is 19.8 Å². The van der Waals surface area contributed by atoms with E-state index in [1.807, 2.05) is 7.05 Å². The zero-order valence-corrected chi connectivity index (χ0v) is 8.70. The first-order chi connectivity index (χ1) is 6.59. The Bertz CT molecular complexity index is 282. The topological polar surface area (TPSA) is 76.1 Å². The van der Waals surface area contributed by atoms with E-state index in [1.165, 1.54) is 0 Å². The minimum Gasteiger partial charge on any atom is -0.394 e. The van der Waals surface area contributed by atoms with Crippen molar-refractivity contribution in [2.45, 2.75) is 25.9 Å². The molecule has 0 fully saturated rings. The van der Waals surface area contributed by atoms with E-state index in [2.05, 4.69) is 10.4 Å². The molecular formula is C9H18N4O. The molecule has 0 spiro atoms. The Kier molecular flexibility index (Phi) is 3.76. The number of rotatable bonds is 5. The molecule has 1 aromatic rings. The number of aromatic nitrogens is 2. The highest BCUT2D eigenvalue weighted by Crippen LogP contribution is 2.13. The minimum absolute atomic E-state index is 0.238. The van der Waals surface area contributed by atoms with E-state index in [-0.39, 0.29) is 6.10 Å². The summed E-state index contributed by atoms with van der Waals surface area (Å²) in [6.45, 7) is 2.57. The van der Waals surface area contributed by atoms with Gasteiger partial charge < -0.3 is 16.2 Å². The molecule has 1 rings (SSSR count). The van der Waals surface area contributed by atoms with Crippen molar-refractivity contribution in [2.24, 2.45) is 7.05 Å². The molecule has 0 radical (unpaired) electrons. The third kappa shape index (κ3) is 3.26. The van der Waals surface area contributed by atoms with Crippen LogP contribution in [0.2, 0.25) is 0 Å². The van der Waals surface area contributed by atoms with E-state index >= 15 is 0 Å². The van der Waals surface area contributed by atoms with Crippen molar-refractivity contribution in [1.82, 2.24) is 9.78 Å². The molecule has 0 aromatic carbocycles. The predicted octanol–water partition coefficient (Wildman–Crippen LogP) is 0.575. The van der Waals surface area contributed by atoms with Gasteiger partial charge in [-0.15, -0.1) is 0 Å². The van der Waals surface area contributed by atoms with E-state index < -0.39 is 0 Å². The lowest BCUT2D eigenvalue weighted by Gasteiger charge is -2.05. The second-order valence-corrected chi connectivity index (χ2v) is 3.52. The lowest BCUT2D eigenvalue weighted by Crippen LogP contribution is -2.08. The van der Waals surface area contributed by atoms with E-state index in [0.29, 0.717) is 5.69 Å². The van der Waals surface area contributed by atoms with Crippen LogP contribution in [0, 0.1) is 0 Å². The van der Waals surface area contributed by atoms with Gasteiger partial charge in [-0.2, -0.15) is 5.10 Å². The summed E-state index contributed by atoms with van der Waals surface area (Å²) >= 11 is 0. The highest BCUT2D eigenvalue weighted by atomic mass is 16.3. The molecule has 1 aromatic heterocycles. The standard InChI is InChI=1S/C9H18N4O/c1-7(14)4-3-5-11-9-8(10)6-13(2)12-9/h6-7,14H,3-5,10H2,1-2H3,(H,11,12). The van der Waals surface area contributed by atoms with Crippen molar-refractivity contribution in [2.75, 3.05) is 17.6 Å². The van der Waals surface area contributed by atoms with Crippen molar-refractivity contribution in [3.8, 4) is 0 Å². The smallest absolute Gasteiger partial charge is 0.171 e. The number of nitrogens with zero attached hydrogens (tertiary/aromatic N) is 2. The number of aliphatic hydroxyl groups is 1. The number of nitrogen functional groups attached to an aromatic ring is 1. The van der Waals surface area contributed by atoms with Gasteiger partial charge in [0.25, 0.3) is 0 Å². The van der Waals surface area contributed by atoms with Crippen molar-refractivity contribution in [1.29, 1.82) is 0 Å².